The first-order valence-corrected chi connectivity index (χ1v) is 7.27. The lowest BCUT2D eigenvalue weighted by molar-refractivity contribution is -0.138. The van der Waals surface area contributed by atoms with E-state index in [0.717, 1.165) is 13.1 Å². The van der Waals surface area contributed by atoms with Gasteiger partial charge in [-0.2, -0.15) is 12.7 Å². The number of halogens is 1. The number of benzene rings is 1. The van der Waals surface area contributed by atoms with Gasteiger partial charge in [0.05, 0.1) is 5.69 Å². The van der Waals surface area contributed by atoms with Gasteiger partial charge in [0.15, 0.2) is 6.04 Å². The van der Waals surface area contributed by atoms with E-state index in [1.807, 2.05) is 0 Å². The third-order valence-corrected chi connectivity index (χ3v) is 5.15. The van der Waals surface area contributed by atoms with E-state index in [-0.39, 0.29) is 6.54 Å². The maximum Gasteiger partial charge on any atom is 0.328 e. The maximum atomic E-state index is 12.1. The van der Waals surface area contributed by atoms with Crippen LogP contribution in [0.2, 0.25) is 0 Å². The summed E-state index contributed by atoms with van der Waals surface area (Å²) in [6, 6.07) is 5.37. The van der Waals surface area contributed by atoms with Gasteiger partial charge in [0.25, 0.3) is 0 Å². The number of carboxylic acid groups (broad SMARTS) is 1. The van der Waals surface area contributed by atoms with Gasteiger partial charge in [-0.25, -0.2) is 9.10 Å². The predicted molar refractivity (Wildman–Crippen MR) is 69.6 cm³/mol. The quantitative estimate of drug-likeness (QED) is 0.871. The average Bonchev–Trinajstić information content (AvgIpc) is 2.52. The van der Waals surface area contributed by atoms with Crippen LogP contribution in [0.5, 0.6) is 0 Å². The molecular weight excluding hydrogens is 324 g/mol. The van der Waals surface area contributed by atoms with Crippen LogP contribution in [0.25, 0.3) is 0 Å². The van der Waals surface area contributed by atoms with Crippen molar-refractivity contribution < 1.29 is 18.3 Å². The molecular formula is C10H11BrN2O4S. The SMILES string of the molecule is CN1CC(C(=O)O)N(c2ccc(Br)cc2)S1(=O)=O. The first-order chi connectivity index (χ1) is 8.34. The second kappa shape index (κ2) is 4.52. The summed E-state index contributed by atoms with van der Waals surface area (Å²) >= 11 is 3.24. The number of aliphatic carboxylic acids is 1. The van der Waals surface area contributed by atoms with Crippen LogP contribution in [0, 0.1) is 0 Å². The molecule has 1 heterocycles. The van der Waals surface area contributed by atoms with Gasteiger partial charge in [0.2, 0.25) is 0 Å². The highest BCUT2D eigenvalue weighted by Crippen LogP contribution is 2.29. The van der Waals surface area contributed by atoms with Crippen LogP contribution >= 0.6 is 15.9 Å². The Balaban J connectivity index is 2.50. The molecule has 1 aromatic carbocycles. The Hall–Kier alpha value is -1.12. The minimum absolute atomic E-state index is 0.0618. The molecule has 1 atom stereocenters. The van der Waals surface area contributed by atoms with Crippen LogP contribution in [0.3, 0.4) is 0 Å². The molecule has 0 bridgehead atoms. The van der Waals surface area contributed by atoms with E-state index in [9.17, 15) is 13.2 Å². The number of likely N-dealkylation sites (N-methyl/N-ethyl adjacent to an activating group) is 1. The lowest BCUT2D eigenvalue weighted by atomic mass is 10.2. The average molecular weight is 335 g/mol. The summed E-state index contributed by atoms with van der Waals surface area (Å²) in [5, 5.41) is 9.11. The summed E-state index contributed by atoms with van der Waals surface area (Å²) in [4.78, 5) is 11.1. The monoisotopic (exact) mass is 334 g/mol. The Morgan fingerprint density at radius 3 is 2.44 bits per heavy atom. The van der Waals surface area contributed by atoms with Gasteiger partial charge < -0.3 is 5.11 Å². The van der Waals surface area contributed by atoms with Gasteiger partial charge in [0.1, 0.15) is 0 Å². The number of anilines is 1. The molecule has 0 aromatic heterocycles. The molecule has 18 heavy (non-hydrogen) atoms. The van der Waals surface area contributed by atoms with E-state index in [2.05, 4.69) is 15.9 Å². The first-order valence-electron chi connectivity index (χ1n) is 5.08. The molecule has 98 valence electrons. The minimum Gasteiger partial charge on any atom is -0.480 e. The van der Waals surface area contributed by atoms with Crippen LogP contribution < -0.4 is 4.31 Å². The number of hydrogen-bond acceptors (Lipinski definition) is 3. The molecule has 0 spiro atoms. The topological polar surface area (TPSA) is 77.9 Å². The molecule has 1 aliphatic rings. The second-order valence-electron chi connectivity index (χ2n) is 3.91. The van der Waals surface area contributed by atoms with Crippen LogP contribution in [-0.4, -0.2) is 43.4 Å². The molecule has 1 N–H and O–H groups in total. The molecule has 8 heteroatoms. The Bertz CT molecular complexity index is 572. The Labute approximate surface area is 113 Å². The smallest absolute Gasteiger partial charge is 0.328 e. The molecule has 0 saturated carbocycles. The fourth-order valence-electron chi connectivity index (χ4n) is 1.80. The van der Waals surface area contributed by atoms with Crippen LogP contribution in [-0.2, 0) is 15.0 Å². The summed E-state index contributed by atoms with van der Waals surface area (Å²) in [6.07, 6.45) is 0. The summed E-state index contributed by atoms with van der Waals surface area (Å²) in [6.45, 7) is -0.0618. The van der Waals surface area contributed by atoms with Gasteiger partial charge in [0, 0.05) is 18.1 Å². The number of hydrogen-bond donors (Lipinski definition) is 1. The molecule has 1 aliphatic heterocycles. The second-order valence-corrected chi connectivity index (χ2v) is 6.74. The third-order valence-electron chi connectivity index (χ3n) is 2.72. The van der Waals surface area contributed by atoms with E-state index in [1.54, 1.807) is 24.3 Å². The van der Waals surface area contributed by atoms with Crippen molar-refractivity contribution >= 4 is 37.8 Å². The van der Waals surface area contributed by atoms with Crippen LogP contribution in [0.15, 0.2) is 28.7 Å². The van der Waals surface area contributed by atoms with Crippen molar-refractivity contribution in [3.63, 3.8) is 0 Å². The molecule has 1 saturated heterocycles. The molecule has 0 radical (unpaired) electrons. The van der Waals surface area contributed by atoms with E-state index in [0.29, 0.717) is 5.69 Å². The standard InChI is InChI=1S/C10H11BrN2O4S/c1-12-6-9(10(14)15)13(18(12,16)17)8-4-2-7(11)3-5-8/h2-5,9H,6H2,1H3,(H,14,15). The van der Waals surface area contributed by atoms with Crippen molar-refractivity contribution in [2.24, 2.45) is 0 Å². The van der Waals surface area contributed by atoms with Gasteiger partial charge in [-0.3, -0.25) is 0 Å². The van der Waals surface area contributed by atoms with Gasteiger partial charge in [-0.05, 0) is 24.3 Å². The molecule has 6 nitrogen and oxygen atoms in total. The van der Waals surface area contributed by atoms with Gasteiger partial charge in [-0.15, -0.1) is 0 Å². The fraction of sp³-hybridized carbons (Fsp3) is 0.300. The molecule has 2 rings (SSSR count). The number of rotatable bonds is 2. The van der Waals surface area contributed by atoms with Crippen molar-refractivity contribution in [2.45, 2.75) is 6.04 Å². The molecule has 0 aliphatic carbocycles. The van der Waals surface area contributed by atoms with Crippen molar-refractivity contribution in [2.75, 3.05) is 17.9 Å². The minimum atomic E-state index is -3.76. The van der Waals surface area contributed by atoms with Gasteiger partial charge >= 0.3 is 16.2 Å². The van der Waals surface area contributed by atoms with E-state index in [4.69, 9.17) is 5.11 Å². The van der Waals surface area contributed by atoms with Crippen LogP contribution in [0.4, 0.5) is 5.69 Å². The van der Waals surface area contributed by atoms with E-state index >= 15 is 0 Å². The zero-order valence-electron chi connectivity index (χ0n) is 9.45. The maximum absolute atomic E-state index is 12.1. The van der Waals surface area contributed by atoms with E-state index in [1.165, 1.54) is 7.05 Å². The van der Waals surface area contributed by atoms with Crippen molar-refractivity contribution in [1.82, 2.24) is 4.31 Å². The Kier molecular flexibility index (Phi) is 3.35. The number of carboxylic acids is 1. The number of nitrogens with zero attached hydrogens (tertiary/aromatic N) is 2. The van der Waals surface area contributed by atoms with Crippen LogP contribution in [0.1, 0.15) is 0 Å². The Morgan fingerprint density at radius 2 is 1.94 bits per heavy atom. The van der Waals surface area contributed by atoms with Crippen molar-refractivity contribution in [3.05, 3.63) is 28.7 Å². The van der Waals surface area contributed by atoms with Crippen molar-refractivity contribution in [1.29, 1.82) is 0 Å². The number of carbonyl (C=O) groups is 1. The highest BCUT2D eigenvalue weighted by Gasteiger charge is 2.45. The summed E-state index contributed by atoms with van der Waals surface area (Å²) < 4.78 is 26.9. The van der Waals surface area contributed by atoms with Crippen molar-refractivity contribution in [3.8, 4) is 0 Å². The zero-order chi connectivity index (χ0) is 13.5. The summed E-state index contributed by atoms with van der Waals surface area (Å²) in [7, 11) is -2.39. The molecule has 1 aromatic rings. The summed E-state index contributed by atoms with van der Waals surface area (Å²) in [5.41, 5.74) is 0.343. The highest BCUT2D eigenvalue weighted by molar-refractivity contribution is 9.10. The molecule has 1 fully saturated rings. The third kappa shape index (κ3) is 2.11. The molecule has 0 amide bonds. The largest absolute Gasteiger partial charge is 0.480 e. The Morgan fingerprint density at radius 1 is 1.39 bits per heavy atom. The lowest BCUT2D eigenvalue weighted by Gasteiger charge is -2.21. The normalized spacial score (nSPS) is 23.2. The van der Waals surface area contributed by atoms with Gasteiger partial charge in [-0.1, -0.05) is 15.9 Å². The highest BCUT2D eigenvalue weighted by atomic mass is 79.9. The van der Waals surface area contributed by atoms with E-state index < -0.39 is 22.2 Å². The zero-order valence-corrected chi connectivity index (χ0v) is 11.8. The summed E-state index contributed by atoms with van der Waals surface area (Å²) in [5.74, 6) is -1.16. The lowest BCUT2D eigenvalue weighted by Crippen LogP contribution is -2.40. The first kappa shape index (κ1) is 13.3. The predicted octanol–water partition coefficient (Wildman–Crippen LogP) is 0.899. The fourth-order valence-corrected chi connectivity index (χ4v) is 3.56. The molecule has 1 unspecified atom stereocenters.